The summed E-state index contributed by atoms with van der Waals surface area (Å²) >= 11 is 3.38. The lowest BCUT2D eigenvalue weighted by molar-refractivity contribution is 0.0996. The minimum atomic E-state index is -0.517. The Labute approximate surface area is 136 Å². The Hall–Kier alpha value is -0.620. The zero-order chi connectivity index (χ0) is 15.8. The van der Waals surface area contributed by atoms with Crippen LogP contribution in [-0.4, -0.2) is 55.9 Å². The smallest absolute Gasteiger partial charge is 0.119 e. The van der Waals surface area contributed by atoms with E-state index in [1.165, 1.54) is 0 Å². The third-order valence-electron chi connectivity index (χ3n) is 3.24. The summed E-state index contributed by atoms with van der Waals surface area (Å²) in [7, 11) is 4.12. The molecule has 0 aromatic heterocycles. The van der Waals surface area contributed by atoms with Crippen LogP contribution in [0.4, 0.5) is 0 Å². The Bertz CT molecular complexity index is 396. The molecule has 0 radical (unpaired) electrons. The Kier molecular flexibility index (Phi) is 8.26. The molecule has 1 rings (SSSR count). The normalized spacial score (nSPS) is 14.5. The van der Waals surface area contributed by atoms with Gasteiger partial charge in [-0.1, -0.05) is 29.8 Å². The maximum Gasteiger partial charge on any atom is 0.119 e. The summed E-state index contributed by atoms with van der Waals surface area (Å²) in [6.07, 6.45) is -0.517. The monoisotopic (exact) mass is 358 g/mol. The first-order valence-electron chi connectivity index (χ1n) is 7.33. The highest BCUT2D eigenvalue weighted by atomic mass is 79.9. The molecule has 5 heteroatoms. The van der Waals surface area contributed by atoms with Gasteiger partial charge in [0.05, 0.1) is 0 Å². The van der Waals surface area contributed by atoms with E-state index in [1.54, 1.807) is 0 Å². The number of likely N-dealkylation sites (N-methyl/N-ethyl adjacent to an activating group) is 1. The SMILES string of the molecule is CC(C)C(CN(C)C)NCC(O)COc1ccc(Br)cc1. The van der Waals surface area contributed by atoms with Crippen LogP contribution in [0.1, 0.15) is 13.8 Å². The van der Waals surface area contributed by atoms with Crippen molar-refractivity contribution in [1.82, 2.24) is 10.2 Å². The molecule has 2 N–H and O–H groups in total. The van der Waals surface area contributed by atoms with Crippen LogP contribution in [0.15, 0.2) is 28.7 Å². The third kappa shape index (κ3) is 7.81. The molecule has 0 aliphatic heterocycles. The zero-order valence-electron chi connectivity index (χ0n) is 13.3. The van der Waals surface area contributed by atoms with Crippen molar-refractivity contribution in [3.63, 3.8) is 0 Å². The van der Waals surface area contributed by atoms with E-state index in [0.29, 0.717) is 25.1 Å². The van der Waals surface area contributed by atoms with Crippen molar-refractivity contribution in [3.05, 3.63) is 28.7 Å². The van der Waals surface area contributed by atoms with Gasteiger partial charge in [0.1, 0.15) is 18.5 Å². The average molecular weight is 359 g/mol. The predicted molar refractivity (Wildman–Crippen MR) is 90.8 cm³/mol. The highest BCUT2D eigenvalue weighted by Crippen LogP contribution is 2.16. The fourth-order valence-corrected chi connectivity index (χ4v) is 2.24. The van der Waals surface area contributed by atoms with Gasteiger partial charge in [-0.15, -0.1) is 0 Å². The van der Waals surface area contributed by atoms with E-state index in [4.69, 9.17) is 4.74 Å². The van der Waals surface area contributed by atoms with Gasteiger partial charge in [0.15, 0.2) is 0 Å². The quantitative estimate of drug-likeness (QED) is 0.711. The lowest BCUT2D eigenvalue weighted by Gasteiger charge is -2.26. The molecule has 0 saturated heterocycles. The summed E-state index contributed by atoms with van der Waals surface area (Å²) in [5.74, 6) is 1.29. The molecule has 0 fully saturated rings. The summed E-state index contributed by atoms with van der Waals surface area (Å²) in [4.78, 5) is 2.16. The Morgan fingerprint density at radius 3 is 2.38 bits per heavy atom. The molecule has 120 valence electrons. The number of rotatable bonds is 9. The van der Waals surface area contributed by atoms with Gasteiger partial charge in [0.25, 0.3) is 0 Å². The van der Waals surface area contributed by atoms with Crippen molar-refractivity contribution >= 4 is 15.9 Å². The number of nitrogens with one attached hydrogen (secondary N) is 1. The summed E-state index contributed by atoms with van der Waals surface area (Å²) in [5, 5.41) is 13.4. The molecule has 0 bridgehead atoms. The Morgan fingerprint density at radius 2 is 1.86 bits per heavy atom. The third-order valence-corrected chi connectivity index (χ3v) is 3.77. The second-order valence-electron chi connectivity index (χ2n) is 5.94. The summed E-state index contributed by atoms with van der Waals surface area (Å²) in [5.41, 5.74) is 0. The van der Waals surface area contributed by atoms with Crippen LogP contribution in [0, 0.1) is 5.92 Å². The van der Waals surface area contributed by atoms with Crippen LogP contribution in [-0.2, 0) is 0 Å². The van der Waals surface area contributed by atoms with Gasteiger partial charge in [-0.25, -0.2) is 0 Å². The lowest BCUT2D eigenvalue weighted by Crippen LogP contribution is -2.45. The number of halogens is 1. The van der Waals surface area contributed by atoms with Crippen LogP contribution < -0.4 is 10.1 Å². The van der Waals surface area contributed by atoms with Crippen LogP contribution in [0.3, 0.4) is 0 Å². The maximum absolute atomic E-state index is 10.0. The van der Waals surface area contributed by atoms with Crippen molar-refractivity contribution in [2.24, 2.45) is 5.92 Å². The van der Waals surface area contributed by atoms with Gasteiger partial charge in [-0.2, -0.15) is 0 Å². The van der Waals surface area contributed by atoms with Gasteiger partial charge >= 0.3 is 0 Å². The molecule has 1 aromatic rings. The van der Waals surface area contributed by atoms with Gasteiger partial charge in [0, 0.05) is 23.6 Å². The fourth-order valence-electron chi connectivity index (χ4n) is 1.97. The molecule has 2 unspecified atom stereocenters. The van der Waals surface area contributed by atoms with E-state index in [-0.39, 0.29) is 0 Å². The summed E-state index contributed by atoms with van der Waals surface area (Å²) < 4.78 is 6.59. The fraction of sp³-hybridized carbons (Fsp3) is 0.625. The number of hydrogen-bond donors (Lipinski definition) is 2. The zero-order valence-corrected chi connectivity index (χ0v) is 14.9. The van der Waals surface area contributed by atoms with E-state index in [9.17, 15) is 5.11 Å². The van der Waals surface area contributed by atoms with E-state index < -0.39 is 6.10 Å². The highest BCUT2D eigenvalue weighted by molar-refractivity contribution is 9.10. The minimum absolute atomic E-state index is 0.293. The molecule has 0 saturated carbocycles. The van der Waals surface area contributed by atoms with Crippen molar-refractivity contribution in [2.45, 2.75) is 26.0 Å². The van der Waals surface area contributed by atoms with Crippen LogP contribution in [0.2, 0.25) is 0 Å². The number of aliphatic hydroxyl groups excluding tert-OH is 1. The average Bonchev–Trinajstić information content (AvgIpc) is 2.42. The molecule has 0 spiro atoms. The second kappa shape index (κ2) is 9.41. The molecule has 0 amide bonds. The number of hydrogen-bond acceptors (Lipinski definition) is 4. The van der Waals surface area contributed by atoms with Crippen LogP contribution >= 0.6 is 15.9 Å². The van der Waals surface area contributed by atoms with Gasteiger partial charge in [-0.3, -0.25) is 0 Å². The number of benzene rings is 1. The molecule has 4 nitrogen and oxygen atoms in total. The molecular weight excluding hydrogens is 332 g/mol. The van der Waals surface area contributed by atoms with Crippen molar-refractivity contribution < 1.29 is 9.84 Å². The topological polar surface area (TPSA) is 44.7 Å². The highest BCUT2D eigenvalue weighted by Gasteiger charge is 2.15. The summed E-state index contributed by atoms with van der Waals surface area (Å²) in [6, 6.07) is 7.97. The van der Waals surface area contributed by atoms with Crippen molar-refractivity contribution in [2.75, 3.05) is 33.8 Å². The minimum Gasteiger partial charge on any atom is -0.491 e. The Balaban J connectivity index is 2.32. The molecule has 0 heterocycles. The predicted octanol–water partition coefficient (Wildman–Crippen LogP) is 2.36. The van der Waals surface area contributed by atoms with E-state index in [1.807, 2.05) is 24.3 Å². The first-order valence-corrected chi connectivity index (χ1v) is 8.12. The van der Waals surface area contributed by atoms with Gasteiger partial charge in [-0.05, 0) is 44.3 Å². The van der Waals surface area contributed by atoms with Crippen molar-refractivity contribution in [3.8, 4) is 5.75 Å². The molecular formula is C16H27BrN2O2. The van der Waals surface area contributed by atoms with Crippen LogP contribution in [0.25, 0.3) is 0 Å². The van der Waals surface area contributed by atoms with E-state index >= 15 is 0 Å². The molecule has 0 aliphatic carbocycles. The molecule has 21 heavy (non-hydrogen) atoms. The molecule has 1 aromatic carbocycles. The van der Waals surface area contributed by atoms with Crippen molar-refractivity contribution in [1.29, 1.82) is 0 Å². The largest absolute Gasteiger partial charge is 0.491 e. The van der Waals surface area contributed by atoms with Crippen LogP contribution in [0.5, 0.6) is 5.75 Å². The summed E-state index contributed by atoms with van der Waals surface area (Å²) in [6.45, 7) is 6.16. The van der Waals surface area contributed by atoms with Gasteiger partial charge in [0.2, 0.25) is 0 Å². The van der Waals surface area contributed by atoms with Gasteiger partial charge < -0.3 is 20.1 Å². The molecule has 2 atom stereocenters. The standard InChI is InChI=1S/C16H27BrN2O2/c1-12(2)16(10-19(3)4)18-9-14(20)11-21-15-7-5-13(17)6-8-15/h5-8,12,14,16,18,20H,9-11H2,1-4H3. The number of ether oxygens (including phenoxy) is 1. The first-order chi connectivity index (χ1) is 9.88. The number of nitrogens with zero attached hydrogens (tertiary/aromatic N) is 1. The van der Waals surface area contributed by atoms with E-state index in [2.05, 4.69) is 54.1 Å². The second-order valence-corrected chi connectivity index (χ2v) is 6.86. The number of aliphatic hydroxyl groups is 1. The van der Waals surface area contributed by atoms with E-state index in [0.717, 1.165) is 16.8 Å². The first kappa shape index (κ1) is 18.4. The maximum atomic E-state index is 10.0. The molecule has 0 aliphatic rings. The lowest BCUT2D eigenvalue weighted by atomic mass is 10.0. The Morgan fingerprint density at radius 1 is 1.24 bits per heavy atom.